The third-order valence-corrected chi connectivity index (χ3v) is 2.33. The van der Waals surface area contributed by atoms with Crippen LogP contribution >= 0.6 is 0 Å². The van der Waals surface area contributed by atoms with Gasteiger partial charge in [0.2, 0.25) is 0 Å². The van der Waals surface area contributed by atoms with Crippen molar-refractivity contribution in [2.75, 3.05) is 19.7 Å². The fourth-order valence-corrected chi connectivity index (χ4v) is 1.40. The van der Waals surface area contributed by atoms with Gasteiger partial charge in [-0.3, -0.25) is 4.68 Å². The fourth-order valence-electron chi connectivity index (χ4n) is 1.40. The molecular formula is C9H15N3O. The van der Waals surface area contributed by atoms with E-state index in [0.717, 1.165) is 26.2 Å². The summed E-state index contributed by atoms with van der Waals surface area (Å²) >= 11 is 0. The smallest absolute Gasteiger partial charge is 0.0902 e. The first kappa shape index (κ1) is 8.72. The highest BCUT2D eigenvalue weighted by Gasteiger charge is 2.31. The minimum absolute atomic E-state index is 0.0627. The van der Waals surface area contributed by atoms with Crippen LogP contribution in [0.15, 0.2) is 18.5 Å². The van der Waals surface area contributed by atoms with Crippen molar-refractivity contribution >= 4 is 0 Å². The van der Waals surface area contributed by atoms with Gasteiger partial charge in [0.1, 0.15) is 0 Å². The summed E-state index contributed by atoms with van der Waals surface area (Å²) < 4.78 is 7.60. The predicted molar refractivity (Wildman–Crippen MR) is 49.5 cm³/mol. The topological polar surface area (TPSA) is 39.1 Å². The van der Waals surface area contributed by atoms with Crippen LogP contribution in [0.2, 0.25) is 0 Å². The van der Waals surface area contributed by atoms with Crippen molar-refractivity contribution in [3.63, 3.8) is 0 Å². The highest BCUT2D eigenvalue weighted by molar-refractivity contribution is 4.90. The van der Waals surface area contributed by atoms with Gasteiger partial charge < -0.3 is 10.1 Å². The van der Waals surface area contributed by atoms with Gasteiger partial charge >= 0.3 is 0 Å². The number of hydrogen-bond donors (Lipinski definition) is 1. The summed E-state index contributed by atoms with van der Waals surface area (Å²) in [7, 11) is 0. The molecule has 1 aliphatic rings. The summed E-state index contributed by atoms with van der Waals surface area (Å²) in [5, 5.41) is 7.30. The van der Waals surface area contributed by atoms with Gasteiger partial charge in [0.05, 0.1) is 18.8 Å². The van der Waals surface area contributed by atoms with E-state index < -0.39 is 0 Å². The molecule has 1 N–H and O–H groups in total. The first-order valence-corrected chi connectivity index (χ1v) is 4.61. The van der Waals surface area contributed by atoms with Gasteiger partial charge in [-0.25, -0.2) is 0 Å². The van der Waals surface area contributed by atoms with Crippen molar-refractivity contribution in [3.8, 4) is 0 Å². The third kappa shape index (κ3) is 2.08. The van der Waals surface area contributed by atoms with E-state index in [-0.39, 0.29) is 5.60 Å². The zero-order valence-electron chi connectivity index (χ0n) is 7.86. The van der Waals surface area contributed by atoms with E-state index in [1.54, 1.807) is 6.20 Å². The molecule has 0 spiro atoms. The molecule has 4 heteroatoms. The molecule has 2 rings (SSSR count). The molecule has 2 heterocycles. The number of nitrogens with one attached hydrogen (secondary N) is 1. The van der Waals surface area contributed by atoms with Crippen molar-refractivity contribution in [1.29, 1.82) is 0 Å². The lowest BCUT2D eigenvalue weighted by Gasteiger charge is -2.39. The van der Waals surface area contributed by atoms with Crippen LogP contribution in [0.1, 0.15) is 6.92 Å². The predicted octanol–water partition coefficient (Wildman–Crippen LogP) is 0.262. The van der Waals surface area contributed by atoms with Crippen LogP contribution in [0.4, 0.5) is 0 Å². The van der Waals surface area contributed by atoms with E-state index >= 15 is 0 Å². The van der Waals surface area contributed by atoms with Gasteiger partial charge in [-0.2, -0.15) is 5.10 Å². The minimum atomic E-state index is 0.0627. The van der Waals surface area contributed by atoms with Gasteiger partial charge in [0.25, 0.3) is 0 Å². The van der Waals surface area contributed by atoms with Crippen LogP contribution in [-0.2, 0) is 11.3 Å². The Kier molecular flexibility index (Phi) is 2.33. The van der Waals surface area contributed by atoms with Gasteiger partial charge in [0, 0.05) is 25.5 Å². The van der Waals surface area contributed by atoms with E-state index in [9.17, 15) is 0 Å². The van der Waals surface area contributed by atoms with E-state index in [1.165, 1.54) is 0 Å². The lowest BCUT2D eigenvalue weighted by atomic mass is 10.0. The van der Waals surface area contributed by atoms with Crippen LogP contribution in [-0.4, -0.2) is 35.1 Å². The molecular weight excluding hydrogens is 166 g/mol. The maximum Gasteiger partial charge on any atom is 0.0902 e. The van der Waals surface area contributed by atoms with Gasteiger partial charge in [0.15, 0.2) is 0 Å². The Morgan fingerprint density at radius 2 is 2.46 bits per heavy atom. The second kappa shape index (κ2) is 3.47. The monoisotopic (exact) mass is 181 g/mol. The van der Waals surface area contributed by atoms with Gasteiger partial charge in [-0.15, -0.1) is 0 Å². The molecule has 1 fully saturated rings. The maximum atomic E-state index is 5.72. The summed E-state index contributed by atoms with van der Waals surface area (Å²) in [6.07, 6.45) is 3.73. The number of ether oxygens (including phenoxy) is 1. The molecule has 13 heavy (non-hydrogen) atoms. The average Bonchev–Trinajstić information content (AvgIpc) is 2.54. The fraction of sp³-hybridized carbons (Fsp3) is 0.667. The Balaban J connectivity index is 1.69. The van der Waals surface area contributed by atoms with Crippen molar-refractivity contribution < 1.29 is 4.74 Å². The van der Waals surface area contributed by atoms with Crippen molar-refractivity contribution in [2.24, 2.45) is 0 Å². The summed E-state index contributed by atoms with van der Waals surface area (Å²) in [5.41, 5.74) is 0.0627. The van der Waals surface area contributed by atoms with Crippen LogP contribution < -0.4 is 5.32 Å². The quantitative estimate of drug-likeness (QED) is 0.724. The molecule has 0 amide bonds. The Hall–Kier alpha value is -0.870. The first-order chi connectivity index (χ1) is 6.29. The van der Waals surface area contributed by atoms with Gasteiger partial charge in [-0.05, 0) is 13.0 Å². The van der Waals surface area contributed by atoms with Crippen molar-refractivity contribution in [3.05, 3.63) is 18.5 Å². The first-order valence-electron chi connectivity index (χ1n) is 4.61. The lowest BCUT2D eigenvalue weighted by Crippen LogP contribution is -2.59. The molecule has 0 aliphatic carbocycles. The number of aromatic nitrogens is 2. The molecule has 0 saturated carbocycles. The Labute approximate surface area is 77.9 Å². The summed E-state index contributed by atoms with van der Waals surface area (Å²) in [4.78, 5) is 0. The van der Waals surface area contributed by atoms with Crippen LogP contribution in [0.3, 0.4) is 0 Å². The molecule has 1 aliphatic heterocycles. The number of nitrogens with zero attached hydrogens (tertiary/aromatic N) is 2. The average molecular weight is 181 g/mol. The standard InChI is InChI=1S/C9H15N3O/c1-9(7-10-8-9)13-6-5-12-4-2-3-11-12/h2-4,10H,5-8H2,1H3. The lowest BCUT2D eigenvalue weighted by molar-refractivity contribution is -0.0698. The number of rotatable bonds is 4. The van der Waals surface area contributed by atoms with Crippen molar-refractivity contribution in [2.45, 2.75) is 19.1 Å². The Morgan fingerprint density at radius 1 is 1.62 bits per heavy atom. The normalized spacial score (nSPS) is 19.8. The Morgan fingerprint density at radius 3 is 3.00 bits per heavy atom. The molecule has 0 bridgehead atoms. The zero-order valence-corrected chi connectivity index (χ0v) is 7.86. The third-order valence-electron chi connectivity index (χ3n) is 2.33. The van der Waals surface area contributed by atoms with Gasteiger partial charge in [-0.1, -0.05) is 0 Å². The molecule has 1 aromatic rings. The molecule has 1 saturated heterocycles. The molecule has 4 nitrogen and oxygen atoms in total. The highest BCUT2D eigenvalue weighted by Crippen LogP contribution is 2.14. The summed E-state index contributed by atoms with van der Waals surface area (Å²) in [6, 6.07) is 1.92. The molecule has 72 valence electrons. The molecule has 0 atom stereocenters. The summed E-state index contributed by atoms with van der Waals surface area (Å²) in [6.45, 7) is 5.63. The zero-order chi connectivity index (χ0) is 9.15. The van der Waals surface area contributed by atoms with Crippen LogP contribution in [0.25, 0.3) is 0 Å². The van der Waals surface area contributed by atoms with E-state index in [0.29, 0.717) is 0 Å². The molecule has 0 aromatic carbocycles. The minimum Gasteiger partial charge on any atom is -0.371 e. The van der Waals surface area contributed by atoms with E-state index in [4.69, 9.17) is 4.74 Å². The Bertz CT molecular complexity index is 254. The maximum absolute atomic E-state index is 5.72. The summed E-state index contributed by atoms with van der Waals surface area (Å²) in [5.74, 6) is 0. The molecule has 1 aromatic heterocycles. The van der Waals surface area contributed by atoms with E-state index in [1.807, 2.05) is 16.9 Å². The largest absolute Gasteiger partial charge is 0.371 e. The van der Waals surface area contributed by atoms with Crippen LogP contribution in [0.5, 0.6) is 0 Å². The van der Waals surface area contributed by atoms with Crippen molar-refractivity contribution in [1.82, 2.24) is 15.1 Å². The number of hydrogen-bond acceptors (Lipinski definition) is 3. The second-order valence-corrected chi connectivity index (χ2v) is 3.67. The highest BCUT2D eigenvalue weighted by atomic mass is 16.5. The molecule has 0 radical (unpaired) electrons. The SMILES string of the molecule is CC1(OCCn2cccn2)CNC1. The second-order valence-electron chi connectivity index (χ2n) is 3.67. The van der Waals surface area contributed by atoms with Crippen LogP contribution in [0, 0.1) is 0 Å². The molecule has 0 unspecified atom stereocenters. The van der Waals surface area contributed by atoms with E-state index in [2.05, 4.69) is 17.3 Å².